The SMILES string of the molecule is COC(=O)CC(C)(N)c1ccc(F)c(F)c1. The molecule has 3 nitrogen and oxygen atoms in total. The molecule has 1 atom stereocenters. The molecule has 88 valence electrons. The van der Waals surface area contributed by atoms with Crippen LogP contribution in [-0.2, 0) is 15.1 Å². The van der Waals surface area contributed by atoms with Crippen molar-refractivity contribution in [1.82, 2.24) is 0 Å². The van der Waals surface area contributed by atoms with Gasteiger partial charge in [0.2, 0.25) is 0 Å². The number of ether oxygens (including phenoxy) is 1. The van der Waals surface area contributed by atoms with Crippen LogP contribution in [0.25, 0.3) is 0 Å². The molecule has 1 aromatic carbocycles. The summed E-state index contributed by atoms with van der Waals surface area (Å²) in [5, 5.41) is 0. The van der Waals surface area contributed by atoms with Crippen LogP contribution in [0.4, 0.5) is 8.78 Å². The number of carbonyl (C=O) groups excluding carboxylic acids is 1. The van der Waals surface area contributed by atoms with Crippen molar-refractivity contribution in [2.45, 2.75) is 18.9 Å². The fourth-order valence-electron chi connectivity index (χ4n) is 1.33. The van der Waals surface area contributed by atoms with E-state index in [-0.39, 0.29) is 6.42 Å². The number of methoxy groups -OCH3 is 1. The molecule has 0 saturated heterocycles. The number of hydrogen-bond acceptors (Lipinski definition) is 3. The van der Waals surface area contributed by atoms with Gasteiger partial charge in [0.25, 0.3) is 0 Å². The summed E-state index contributed by atoms with van der Waals surface area (Å²) in [4.78, 5) is 11.1. The van der Waals surface area contributed by atoms with Crippen molar-refractivity contribution >= 4 is 5.97 Å². The smallest absolute Gasteiger partial charge is 0.307 e. The molecular formula is C11H13F2NO2. The highest BCUT2D eigenvalue weighted by Gasteiger charge is 2.26. The van der Waals surface area contributed by atoms with Crippen LogP contribution in [0.15, 0.2) is 18.2 Å². The molecular weight excluding hydrogens is 216 g/mol. The molecule has 0 aliphatic heterocycles. The zero-order chi connectivity index (χ0) is 12.3. The van der Waals surface area contributed by atoms with Crippen molar-refractivity contribution in [1.29, 1.82) is 0 Å². The first-order chi connectivity index (χ1) is 7.36. The van der Waals surface area contributed by atoms with E-state index in [1.54, 1.807) is 6.92 Å². The predicted octanol–water partition coefficient (Wildman–Crippen LogP) is 1.70. The Hall–Kier alpha value is -1.49. The lowest BCUT2D eigenvalue weighted by Gasteiger charge is -2.23. The Balaban J connectivity index is 2.97. The maximum Gasteiger partial charge on any atom is 0.307 e. The minimum absolute atomic E-state index is 0.103. The van der Waals surface area contributed by atoms with Gasteiger partial charge < -0.3 is 10.5 Å². The lowest BCUT2D eigenvalue weighted by Crippen LogP contribution is -2.36. The summed E-state index contributed by atoms with van der Waals surface area (Å²) in [5.74, 6) is -2.44. The molecule has 0 radical (unpaired) electrons. The molecule has 1 aromatic rings. The van der Waals surface area contributed by atoms with Crippen molar-refractivity contribution in [3.8, 4) is 0 Å². The second-order valence-corrected chi connectivity index (χ2v) is 3.80. The van der Waals surface area contributed by atoms with E-state index >= 15 is 0 Å². The quantitative estimate of drug-likeness (QED) is 0.802. The molecule has 16 heavy (non-hydrogen) atoms. The van der Waals surface area contributed by atoms with E-state index in [1.807, 2.05) is 0 Å². The molecule has 0 aromatic heterocycles. The van der Waals surface area contributed by atoms with Gasteiger partial charge in [0.05, 0.1) is 13.5 Å². The van der Waals surface area contributed by atoms with Crippen molar-refractivity contribution in [2.24, 2.45) is 5.73 Å². The highest BCUT2D eigenvalue weighted by atomic mass is 19.2. The third kappa shape index (κ3) is 2.76. The maximum atomic E-state index is 13.0. The summed E-state index contributed by atoms with van der Waals surface area (Å²) in [6.07, 6.45) is -0.103. The Morgan fingerprint density at radius 3 is 2.56 bits per heavy atom. The average Bonchev–Trinajstić information content (AvgIpc) is 2.21. The number of halogens is 2. The van der Waals surface area contributed by atoms with E-state index in [9.17, 15) is 13.6 Å². The average molecular weight is 229 g/mol. The van der Waals surface area contributed by atoms with E-state index < -0.39 is 23.1 Å². The molecule has 0 saturated carbocycles. The molecule has 0 spiro atoms. The van der Waals surface area contributed by atoms with Crippen LogP contribution in [0.3, 0.4) is 0 Å². The molecule has 1 rings (SSSR count). The van der Waals surface area contributed by atoms with Gasteiger partial charge in [-0.3, -0.25) is 4.79 Å². The number of benzene rings is 1. The summed E-state index contributed by atoms with van der Waals surface area (Å²) in [6, 6.07) is 3.31. The monoisotopic (exact) mass is 229 g/mol. The zero-order valence-electron chi connectivity index (χ0n) is 9.09. The Labute approximate surface area is 92.2 Å². The Kier molecular flexibility index (Phi) is 3.59. The predicted molar refractivity (Wildman–Crippen MR) is 54.5 cm³/mol. The van der Waals surface area contributed by atoms with Gasteiger partial charge in [-0.25, -0.2) is 8.78 Å². The Morgan fingerprint density at radius 2 is 2.06 bits per heavy atom. The highest BCUT2D eigenvalue weighted by molar-refractivity contribution is 5.71. The van der Waals surface area contributed by atoms with Gasteiger partial charge in [0, 0.05) is 5.54 Å². The number of rotatable bonds is 3. The van der Waals surface area contributed by atoms with Crippen LogP contribution in [-0.4, -0.2) is 13.1 Å². The van der Waals surface area contributed by atoms with Crippen molar-refractivity contribution in [3.63, 3.8) is 0 Å². The summed E-state index contributed by atoms with van der Waals surface area (Å²) >= 11 is 0. The van der Waals surface area contributed by atoms with Crippen molar-refractivity contribution in [2.75, 3.05) is 7.11 Å². The molecule has 0 aliphatic carbocycles. The largest absolute Gasteiger partial charge is 0.469 e. The number of carbonyl (C=O) groups is 1. The van der Waals surface area contributed by atoms with E-state index in [2.05, 4.69) is 4.74 Å². The van der Waals surface area contributed by atoms with E-state index in [1.165, 1.54) is 13.2 Å². The Morgan fingerprint density at radius 1 is 1.44 bits per heavy atom. The third-order valence-corrected chi connectivity index (χ3v) is 2.32. The first-order valence-electron chi connectivity index (χ1n) is 4.68. The molecule has 0 bridgehead atoms. The van der Waals surface area contributed by atoms with Gasteiger partial charge in [0.15, 0.2) is 11.6 Å². The first-order valence-corrected chi connectivity index (χ1v) is 4.68. The number of hydrogen-bond donors (Lipinski definition) is 1. The second-order valence-electron chi connectivity index (χ2n) is 3.80. The molecule has 0 amide bonds. The van der Waals surface area contributed by atoms with Gasteiger partial charge in [0.1, 0.15) is 0 Å². The van der Waals surface area contributed by atoms with Gasteiger partial charge >= 0.3 is 5.97 Å². The second kappa shape index (κ2) is 4.57. The maximum absolute atomic E-state index is 13.0. The van der Waals surface area contributed by atoms with Crippen LogP contribution >= 0.6 is 0 Å². The minimum Gasteiger partial charge on any atom is -0.469 e. The molecule has 5 heteroatoms. The normalized spacial score (nSPS) is 14.3. The van der Waals surface area contributed by atoms with Crippen molar-refractivity contribution in [3.05, 3.63) is 35.4 Å². The zero-order valence-corrected chi connectivity index (χ0v) is 9.09. The lowest BCUT2D eigenvalue weighted by atomic mass is 9.90. The standard InChI is InChI=1S/C11H13F2NO2/c1-11(14,6-10(15)16-2)7-3-4-8(12)9(13)5-7/h3-5H,6,14H2,1-2H3. The fourth-order valence-corrected chi connectivity index (χ4v) is 1.33. The Bertz CT molecular complexity index is 405. The van der Waals surface area contributed by atoms with Gasteiger partial charge in [-0.15, -0.1) is 0 Å². The summed E-state index contributed by atoms with van der Waals surface area (Å²) in [6.45, 7) is 1.55. The van der Waals surface area contributed by atoms with E-state index in [4.69, 9.17) is 5.73 Å². The molecule has 0 fully saturated rings. The van der Waals surface area contributed by atoms with Gasteiger partial charge in [-0.1, -0.05) is 6.07 Å². The van der Waals surface area contributed by atoms with Gasteiger partial charge in [-0.2, -0.15) is 0 Å². The van der Waals surface area contributed by atoms with Crippen LogP contribution in [0.2, 0.25) is 0 Å². The molecule has 0 heterocycles. The summed E-state index contributed by atoms with van der Waals surface area (Å²) in [7, 11) is 1.24. The van der Waals surface area contributed by atoms with Crippen LogP contribution in [0, 0.1) is 11.6 Å². The van der Waals surface area contributed by atoms with Crippen molar-refractivity contribution < 1.29 is 18.3 Å². The fraction of sp³-hybridized carbons (Fsp3) is 0.364. The summed E-state index contributed by atoms with van der Waals surface area (Å²) in [5.41, 5.74) is 5.11. The number of nitrogens with two attached hydrogens (primary N) is 1. The molecule has 2 N–H and O–H groups in total. The van der Waals surface area contributed by atoms with E-state index in [0.717, 1.165) is 12.1 Å². The van der Waals surface area contributed by atoms with Crippen LogP contribution in [0.5, 0.6) is 0 Å². The van der Waals surface area contributed by atoms with Crippen LogP contribution < -0.4 is 5.73 Å². The minimum atomic E-state index is -1.08. The molecule has 0 aliphatic rings. The van der Waals surface area contributed by atoms with E-state index in [0.29, 0.717) is 5.56 Å². The number of esters is 1. The summed E-state index contributed by atoms with van der Waals surface area (Å²) < 4.78 is 30.2. The van der Waals surface area contributed by atoms with Gasteiger partial charge in [-0.05, 0) is 24.6 Å². The third-order valence-electron chi connectivity index (χ3n) is 2.32. The molecule has 1 unspecified atom stereocenters. The topological polar surface area (TPSA) is 52.3 Å². The first kappa shape index (κ1) is 12.6. The van der Waals surface area contributed by atoms with Crippen LogP contribution in [0.1, 0.15) is 18.9 Å². The lowest BCUT2D eigenvalue weighted by molar-refractivity contribution is -0.141. The highest BCUT2D eigenvalue weighted by Crippen LogP contribution is 2.23.